The number of rotatable bonds is 7. The molecule has 166 valence electrons. The third-order valence-corrected chi connectivity index (χ3v) is 8.24. The van der Waals surface area contributed by atoms with E-state index in [0.717, 1.165) is 29.7 Å². The van der Waals surface area contributed by atoms with Crippen molar-refractivity contribution >= 4 is 27.7 Å². The average molecular weight is 468 g/mol. The van der Waals surface area contributed by atoms with Gasteiger partial charge >= 0.3 is 0 Å². The molecule has 3 aromatic rings. The molecule has 6 nitrogen and oxygen atoms in total. The molecule has 32 heavy (non-hydrogen) atoms. The van der Waals surface area contributed by atoms with Gasteiger partial charge in [0.2, 0.25) is 10.0 Å². The van der Waals surface area contributed by atoms with E-state index >= 15 is 0 Å². The fraction of sp³-hybridized carbons (Fsp3) is 0.250. The van der Waals surface area contributed by atoms with Crippen molar-refractivity contribution in [2.75, 3.05) is 13.1 Å². The van der Waals surface area contributed by atoms with Crippen molar-refractivity contribution in [2.24, 2.45) is 0 Å². The van der Waals surface area contributed by atoms with Gasteiger partial charge in [-0.3, -0.25) is 4.79 Å². The number of hydrogen-bond acceptors (Lipinski definition) is 5. The Morgan fingerprint density at radius 2 is 1.66 bits per heavy atom. The normalized spacial score (nSPS) is 14.8. The first-order valence-electron chi connectivity index (χ1n) is 10.6. The van der Waals surface area contributed by atoms with Gasteiger partial charge in [0.05, 0.1) is 10.5 Å². The number of carbonyl (C=O) groups is 1. The second-order valence-electron chi connectivity index (χ2n) is 7.56. The van der Waals surface area contributed by atoms with E-state index in [4.69, 9.17) is 0 Å². The summed E-state index contributed by atoms with van der Waals surface area (Å²) in [5, 5.41) is 3.55. The van der Waals surface area contributed by atoms with Crippen molar-refractivity contribution < 1.29 is 13.2 Å². The number of pyridine rings is 1. The third kappa shape index (κ3) is 5.38. The van der Waals surface area contributed by atoms with E-state index in [1.54, 1.807) is 46.9 Å². The first-order chi connectivity index (χ1) is 15.5. The van der Waals surface area contributed by atoms with Crippen LogP contribution in [0.1, 0.15) is 35.2 Å². The molecular weight excluding hydrogens is 442 g/mol. The Balaban J connectivity index is 1.40. The molecule has 8 heteroatoms. The van der Waals surface area contributed by atoms with Crippen LogP contribution in [0.2, 0.25) is 0 Å². The predicted octanol–water partition coefficient (Wildman–Crippen LogP) is 4.34. The molecule has 0 bridgehead atoms. The Kier molecular flexibility index (Phi) is 7.24. The van der Waals surface area contributed by atoms with Crippen molar-refractivity contribution in [2.45, 2.75) is 40.6 Å². The van der Waals surface area contributed by atoms with Crippen LogP contribution in [0.5, 0.6) is 0 Å². The lowest BCUT2D eigenvalue weighted by Crippen LogP contribution is -2.35. The molecule has 4 rings (SSSR count). The van der Waals surface area contributed by atoms with Gasteiger partial charge in [-0.2, -0.15) is 4.31 Å². The first kappa shape index (κ1) is 22.5. The molecule has 2 heterocycles. The number of nitrogens with zero attached hydrogens (tertiary/aromatic N) is 2. The zero-order valence-corrected chi connectivity index (χ0v) is 19.2. The Morgan fingerprint density at radius 3 is 2.38 bits per heavy atom. The summed E-state index contributed by atoms with van der Waals surface area (Å²) in [5.74, 6) is -0.221. The summed E-state index contributed by atoms with van der Waals surface area (Å²) in [5.41, 5.74) is 1.34. The quantitative estimate of drug-likeness (QED) is 0.559. The highest BCUT2D eigenvalue weighted by Crippen LogP contribution is 2.28. The van der Waals surface area contributed by atoms with Gasteiger partial charge in [0.25, 0.3) is 5.91 Å². The van der Waals surface area contributed by atoms with Crippen LogP contribution >= 0.6 is 11.8 Å². The van der Waals surface area contributed by atoms with Gasteiger partial charge in [-0.25, -0.2) is 13.4 Å². The summed E-state index contributed by atoms with van der Waals surface area (Å²) in [6.07, 6.45) is 4.56. The number of amides is 1. The summed E-state index contributed by atoms with van der Waals surface area (Å²) in [6, 6.07) is 20.0. The summed E-state index contributed by atoms with van der Waals surface area (Å²) in [6.45, 7) is 1.45. The van der Waals surface area contributed by atoms with Gasteiger partial charge in [0.15, 0.2) is 0 Å². The second kappa shape index (κ2) is 10.3. The zero-order valence-electron chi connectivity index (χ0n) is 17.6. The van der Waals surface area contributed by atoms with E-state index in [0.29, 0.717) is 35.1 Å². The number of sulfonamides is 1. The second-order valence-corrected chi connectivity index (χ2v) is 10.6. The van der Waals surface area contributed by atoms with Crippen LogP contribution in [0.25, 0.3) is 0 Å². The molecule has 0 saturated carbocycles. The maximum absolute atomic E-state index is 12.8. The van der Waals surface area contributed by atoms with Crippen LogP contribution in [-0.4, -0.2) is 36.7 Å². The molecule has 0 unspecified atom stereocenters. The molecule has 0 aliphatic carbocycles. The molecule has 1 aliphatic rings. The van der Waals surface area contributed by atoms with Crippen molar-refractivity contribution in [1.29, 1.82) is 0 Å². The van der Waals surface area contributed by atoms with Gasteiger partial charge in [0, 0.05) is 30.7 Å². The van der Waals surface area contributed by atoms with Gasteiger partial charge < -0.3 is 5.32 Å². The SMILES string of the molecule is O=C(NCc1ccc(S(=O)(=O)N2CCCCC2)cc1)c1cccnc1Sc1ccccc1. The molecule has 2 aromatic carbocycles. The highest BCUT2D eigenvalue weighted by Gasteiger charge is 2.25. The van der Waals surface area contributed by atoms with Crippen LogP contribution in [0.3, 0.4) is 0 Å². The maximum Gasteiger partial charge on any atom is 0.254 e. The molecule has 0 atom stereocenters. The van der Waals surface area contributed by atoms with E-state index in [1.165, 1.54) is 11.8 Å². The number of piperidine rings is 1. The minimum absolute atomic E-state index is 0.221. The highest BCUT2D eigenvalue weighted by atomic mass is 32.2. The Bertz CT molecular complexity index is 1160. The van der Waals surface area contributed by atoms with Crippen molar-refractivity contribution in [3.63, 3.8) is 0 Å². The predicted molar refractivity (Wildman–Crippen MR) is 125 cm³/mol. The fourth-order valence-electron chi connectivity index (χ4n) is 3.56. The van der Waals surface area contributed by atoms with Crippen LogP contribution in [-0.2, 0) is 16.6 Å². The molecular formula is C24H25N3O3S2. The number of carbonyl (C=O) groups excluding carboxylic acids is 1. The summed E-state index contributed by atoms with van der Waals surface area (Å²) < 4.78 is 27.1. The lowest BCUT2D eigenvalue weighted by atomic mass is 10.2. The van der Waals surface area contributed by atoms with Crippen LogP contribution in [0, 0.1) is 0 Å². The largest absolute Gasteiger partial charge is 0.348 e. The lowest BCUT2D eigenvalue weighted by Gasteiger charge is -2.25. The van der Waals surface area contributed by atoms with Crippen molar-refractivity contribution in [3.05, 3.63) is 84.1 Å². The van der Waals surface area contributed by atoms with E-state index in [9.17, 15) is 13.2 Å². The smallest absolute Gasteiger partial charge is 0.254 e. The number of benzene rings is 2. The molecule has 1 fully saturated rings. The molecule has 1 saturated heterocycles. The molecule has 1 aromatic heterocycles. The Labute approximate surface area is 193 Å². The highest BCUT2D eigenvalue weighted by molar-refractivity contribution is 7.99. The molecule has 1 N–H and O–H groups in total. The first-order valence-corrected chi connectivity index (χ1v) is 12.8. The van der Waals surface area contributed by atoms with E-state index in [1.807, 2.05) is 30.3 Å². The Hall–Kier alpha value is -2.68. The lowest BCUT2D eigenvalue weighted by molar-refractivity contribution is 0.0947. The number of aromatic nitrogens is 1. The van der Waals surface area contributed by atoms with Crippen LogP contribution < -0.4 is 5.32 Å². The van der Waals surface area contributed by atoms with E-state index in [2.05, 4.69) is 10.3 Å². The van der Waals surface area contributed by atoms with E-state index < -0.39 is 10.0 Å². The van der Waals surface area contributed by atoms with Gasteiger partial charge in [0.1, 0.15) is 5.03 Å². The van der Waals surface area contributed by atoms with E-state index in [-0.39, 0.29) is 5.91 Å². The third-order valence-electron chi connectivity index (χ3n) is 5.30. The average Bonchev–Trinajstić information content (AvgIpc) is 2.84. The Morgan fingerprint density at radius 1 is 0.938 bits per heavy atom. The van der Waals surface area contributed by atoms with Gasteiger partial charge in [-0.15, -0.1) is 0 Å². The molecule has 1 amide bonds. The van der Waals surface area contributed by atoms with Gasteiger partial charge in [-0.1, -0.05) is 48.5 Å². The topological polar surface area (TPSA) is 79.4 Å². The maximum atomic E-state index is 12.8. The van der Waals surface area contributed by atoms with Crippen molar-refractivity contribution in [3.8, 4) is 0 Å². The van der Waals surface area contributed by atoms with Crippen LogP contribution in [0.4, 0.5) is 0 Å². The summed E-state index contributed by atoms with van der Waals surface area (Å²) >= 11 is 1.44. The van der Waals surface area contributed by atoms with Crippen molar-refractivity contribution in [1.82, 2.24) is 14.6 Å². The minimum atomic E-state index is -3.45. The zero-order chi connectivity index (χ0) is 22.4. The summed E-state index contributed by atoms with van der Waals surface area (Å²) in [7, 11) is -3.45. The number of hydrogen-bond donors (Lipinski definition) is 1. The van der Waals surface area contributed by atoms with Gasteiger partial charge in [-0.05, 0) is 54.8 Å². The minimum Gasteiger partial charge on any atom is -0.348 e. The molecule has 0 spiro atoms. The summed E-state index contributed by atoms with van der Waals surface area (Å²) in [4.78, 5) is 18.5. The standard InChI is InChI=1S/C24H25N3O3S2/c28-23(22-10-7-15-25-24(22)31-20-8-3-1-4-9-20)26-18-19-11-13-21(14-12-19)32(29,30)27-16-5-2-6-17-27/h1,3-4,7-15H,2,5-6,16-18H2,(H,26,28). The molecule has 0 radical (unpaired) electrons. The number of nitrogens with one attached hydrogen (secondary N) is 1. The molecule has 1 aliphatic heterocycles. The monoisotopic (exact) mass is 467 g/mol. The fourth-order valence-corrected chi connectivity index (χ4v) is 5.97. The van der Waals surface area contributed by atoms with Crippen LogP contribution in [0.15, 0.2) is 87.7 Å².